The number of aryl methyl sites for hydroxylation is 1. The van der Waals surface area contributed by atoms with Gasteiger partial charge in [-0.15, -0.1) is 22.7 Å². The highest BCUT2D eigenvalue weighted by atomic mass is 32.1. The molecule has 2 heterocycles. The highest BCUT2D eigenvalue weighted by Crippen LogP contribution is 2.30. The summed E-state index contributed by atoms with van der Waals surface area (Å²) in [6.45, 7) is 1.99. The Labute approximate surface area is 112 Å². The third-order valence-electron chi connectivity index (χ3n) is 2.50. The van der Waals surface area contributed by atoms with Gasteiger partial charge in [0.05, 0.1) is 5.01 Å². The molecule has 18 heavy (non-hydrogen) atoms. The van der Waals surface area contributed by atoms with Gasteiger partial charge in [0, 0.05) is 16.3 Å². The van der Waals surface area contributed by atoms with Crippen molar-refractivity contribution >= 4 is 22.7 Å². The summed E-state index contributed by atoms with van der Waals surface area (Å²) in [5, 5.41) is 15.3. The van der Waals surface area contributed by atoms with E-state index < -0.39 is 0 Å². The van der Waals surface area contributed by atoms with Crippen LogP contribution in [0.15, 0.2) is 35.0 Å². The topological polar surface area (TPSA) is 46.0 Å². The van der Waals surface area contributed by atoms with Gasteiger partial charge in [0.2, 0.25) is 0 Å². The van der Waals surface area contributed by atoms with Gasteiger partial charge in [-0.05, 0) is 31.2 Å². The first-order chi connectivity index (χ1) is 8.72. The fraction of sp³-hybridized carbons (Fsp3) is 0.0769. The molecular formula is C13H10N2OS2. The predicted octanol–water partition coefficient (Wildman–Crippen LogP) is 3.95. The number of phenolic OH excluding ortho intramolecular Hbond substituents is 1. The number of hydrogen-bond donors (Lipinski definition) is 1. The monoisotopic (exact) mass is 274 g/mol. The van der Waals surface area contributed by atoms with Crippen molar-refractivity contribution in [2.24, 2.45) is 0 Å². The number of thiazole rings is 2. The summed E-state index contributed by atoms with van der Waals surface area (Å²) >= 11 is 3.21. The van der Waals surface area contributed by atoms with Crippen molar-refractivity contribution in [2.75, 3.05) is 0 Å². The van der Waals surface area contributed by atoms with Crippen molar-refractivity contribution in [1.82, 2.24) is 9.97 Å². The second kappa shape index (κ2) is 4.51. The molecule has 0 bridgehead atoms. The van der Waals surface area contributed by atoms with E-state index in [1.54, 1.807) is 34.8 Å². The maximum absolute atomic E-state index is 9.26. The number of rotatable bonds is 2. The van der Waals surface area contributed by atoms with Gasteiger partial charge in [-0.1, -0.05) is 0 Å². The molecule has 90 valence electrons. The largest absolute Gasteiger partial charge is 0.508 e. The number of benzene rings is 1. The Bertz CT molecular complexity index is 670. The zero-order valence-electron chi connectivity index (χ0n) is 9.62. The van der Waals surface area contributed by atoms with Crippen molar-refractivity contribution < 1.29 is 5.11 Å². The average molecular weight is 274 g/mol. The summed E-state index contributed by atoms with van der Waals surface area (Å²) < 4.78 is 0. The van der Waals surface area contributed by atoms with Gasteiger partial charge in [0.15, 0.2) is 0 Å². The van der Waals surface area contributed by atoms with E-state index in [4.69, 9.17) is 0 Å². The standard InChI is InChI=1S/C13H10N2OS2/c1-8-14-11(6-17-8)12-7-18-13(15-12)9-2-4-10(16)5-3-9/h2-7,16H,1H3. The third-order valence-corrected chi connectivity index (χ3v) is 4.16. The maximum Gasteiger partial charge on any atom is 0.124 e. The fourth-order valence-electron chi connectivity index (χ4n) is 1.61. The Hall–Kier alpha value is -1.72. The van der Waals surface area contributed by atoms with Crippen LogP contribution in [0.3, 0.4) is 0 Å². The van der Waals surface area contributed by atoms with Crippen LogP contribution in [0.25, 0.3) is 22.0 Å². The normalized spacial score (nSPS) is 10.7. The van der Waals surface area contributed by atoms with E-state index in [1.807, 2.05) is 29.8 Å². The van der Waals surface area contributed by atoms with E-state index >= 15 is 0 Å². The summed E-state index contributed by atoms with van der Waals surface area (Å²) in [5.74, 6) is 0.269. The minimum atomic E-state index is 0.269. The van der Waals surface area contributed by atoms with Crippen molar-refractivity contribution in [2.45, 2.75) is 6.92 Å². The Morgan fingerprint density at radius 3 is 2.28 bits per heavy atom. The number of nitrogens with zero attached hydrogens (tertiary/aromatic N) is 2. The van der Waals surface area contributed by atoms with Crippen molar-refractivity contribution in [1.29, 1.82) is 0 Å². The van der Waals surface area contributed by atoms with Crippen molar-refractivity contribution in [3.8, 4) is 27.7 Å². The molecule has 3 aromatic rings. The zero-order chi connectivity index (χ0) is 12.5. The van der Waals surface area contributed by atoms with Crippen LogP contribution in [-0.4, -0.2) is 15.1 Å². The van der Waals surface area contributed by atoms with Gasteiger partial charge in [-0.25, -0.2) is 9.97 Å². The minimum Gasteiger partial charge on any atom is -0.508 e. The van der Waals surface area contributed by atoms with Gasteiger partial charge < -0.3 is 5.11 Å². The summed E-state index contributed by atoms with van der Waals surface area (Å²) in [7, 11) is 0. The highest BCUT2D eigenvalue weighted by molar-refractivity contribution is 7.13. The molecule has 1 N–H and O–H groups in total. The maximum atomic E-state index is 9.26. The van der Waals surface area contributed by atoms with E-state index in [9.17, 15) is 5.11 Å². The SMILES string of the molecule is Cc1nc(-c2csc(-c3ccc(O)cc3)n2)cs1. The first-order valence-corrected chi connectivity index (χ1v) is 7.16. The first-order valence-electron chi connectivity index (χ1n) is 5.40. The molecule has 0 unspecified atom stereocenters. The van der Waals surface area contributed by atoms with E-state index in [0.717, 1.165) is 27.0 Å². The quantitative estimate of drug-likeness (QED) is 0.769. The second-order valence-corrected chi connectivity index (χ2v) is 5.76. The molecule has 2 aromatic heterocycles. The number of hydrogen-bond acceptors (Lipinski definition) is 5. The lowest BCUT2D eigenvalue weighted by Gasteiger charge is -1.95. The van der Waals surface area contributed by atoms with Crippen LogP contribution in [0.4, 0.5) is 0 Å². The molecule has 0 saturated carbocycles. The highest BCUT2D eigenvalue weighted by Gasteiger charge is 2.08. The lowest BCUT2D eigenvalue weighted by atomic mass is 10.2. The molecule has 0 radical (unpaired) electrons. The average Bonchev–Trinajstić information content (AvgIpc) is 2.98. The van der Waals surface area contributed by atoms with E-state index in [2.05, 4.69) is 9.97 Å². The molecule has 0 aliphatic rings. The molecule has 3 nitrogen and oxygen atoms in total. The lowest BCUT2D eigenvalue weighted by molar-refractivity contribution is 0.475. The van der Waals surface area contributed by atoms with Gasteiger partial charge in [0.25, 0.3) is 0 Å². The summed E-state index contributed by atoms with van der Waals surface area (Å²) in [6, 6.07) is 7.07. The number of aromatic nitrogens is 2. The smallest absolute Gasteiger partial charge is 0.124 e. The molecule has 1 aromatic carbocycles. The summed E-state index contributed by atoms with van der Waals surface area (Å²) in [4.78, 5) is 9.00. The second-order valence-electron chi connectivity index (χ2n) is 3.84. The van der Waals surface area contributed by atoms with Crippen LogP contribution >= 0.6 is 22.7 Å². The lowest BCUT2D eigenvalue weighted by Crippen LogP contribution is -1.79. The molecule has 0 aliphatic heterocycles. The Morgan fingerprint density at radius 2 is 1.61 bits per heavy atom. The van der Waals surface area contributed by atoms with Crippen LogP contribution in [0.2, 0.25) is 0 Å². The molecule has 0 aliphatic carbocycles. The van der Waals surface area contributed by atoms with E-state index in [-0.39, 0.29) is 5.75 Å². The molecule has 3 rings (SSSR count). The molecule has 0 atom stereocenters. The molecule has 0 fully saturated rings. The minimum absolute atomic E-state index is 0.269. The van der Waals surface area contributed by atoms with E-state index in [1.165, 1.54) is 0 Å². The van der Waals surface area contributed by atoms with Crippen LogP contribution in [0, 0.1) is 6.92 Å². The molecule has 0 spiro atoms. The van der Waals surface area contributed by atoms with Crippen molar-refractivity contribution in [3.05, 3.63) is 40.0 Å². The van der Waals surface area contributed by atoms with E-state index in [0.29, 0.717) is 0 Å². The van der Waals surface area contributed by atoms with Crippen LogP contribution in [-0.2, 0) is 0 Å². The van der Waals surface area contributed by atoms with Crippen LogP contribution in [0.5, 0.6) is 5.75 Å². The zero-order valence-corrected chi connectivity index (χ0v) is 11.3. The Balaban J connectivity index is 1.96. The number of aromatic hydroxyl groups is 1. The summed E-state index contributed by atoms with van der Waals surface area (Å²) in [6.07, 6.45) is 0. The van der Waals surface area contributed by atoms with Crippen LogP contribution in [0.1, 0.15) is 5.01 Å². The third kappa shape index (κ3) is 2.14. The molecule has 0 amide bonds. The Morgan fingerprint density at radius 1 is 0.944 bits per heavy atom. The van der Waals surface area contributed by atoms with Gasteiger partial charge in [0.1, 0.15) is 22.1 Å². The van der Waals surface area contributed by atoms with Gasteiger partial charge >= 0.3 is 0 Å². The molecule has 0 saturated heterocycles. The first kappa shape index (κ1) is 11.4. The van der Waals surface area contributed by atoms with Gasteiger partial charge in [-0.3, -0.25) is 0 Å². The van der Waals surface area contributed by atoms with Gasteiger partial charge in [-0.2, -0.15) is 0 Å². The van der Waals surface area contributed by atoms with Crippen LogP contribution < -0.4 is 0 Å². The molecular weight excluding hydrogens is 264 g/mol. The Kier molecular flexibility index (Phi) is 2.85. The summed E-state index contributed by atoms with van der Waals surface area (Å²) in [5.41, 5.74) is 2.85. The predicted molar refractivity (Wildman–Crippen MR) is 75.1 cm³/mol. The van der Waals surface area contributed by atoms with Crippen molar-refractivity contribution in [3.63, 3.8) is 0 Å². The number of phenols is 1. The fourth-order valence-corrected chi connectivity index (χ4v) is 3.04. The molecule has 5 heteroatoms.